The summed E-state index contributed by atoms with van der Waals surface area (Å²) in [6.07, 6.45) is 1.28. The van der Waals surface area contributed by atoms with Crippen LogP contribution in [0.3, 0.4) is 0 Å². The van der Waals surface area contributed by atoms with Crippen LogP contribution in [0.25, 0.3) is 22.4 Å². The summed E-state index contributed by atoms with van der Waals surface area (Å²) >= 11 is 0. The lowest BCUT2D eigenvalue weighted by Crippen LogP contribution is -2.17. The first-order chi connectivity index (χ1) is 14.5. The summed E-state index contributed by atoms with van der Waals surface area (Å²) in [5.41, 5.74) is 5.03. The highest BCUT2D eigenvalue weighted by Gasteiger charge is 2.12. The first kappa shape index (κ1) is 18.9. The molecule has 30 heavy (non-hydrogen) atoms. The fraction of sp³-hybridized carbons (Fsp3) is 0. The molecule has 1 heterocycles. The van der Waals surface area contributed by atoms with Gasteiger partial charge in [0.25, 0.3) is 5.91 Å². The number of fused-ring (bicyclic) bond motifs is 1. The summed E-state index contributed by atoms with van der Waals surface area (Å²) in [4.78, 5) is 31.2. The number of hydrogen-bond acceptors (Lipinski definition) is 5. The van der Waals surface area contributed by atoms with Gasteiger partial charge in [-0.25, -0.2) is 15.2 Å². The van der Waals surface area contributed by atoms with Gasteiger partial charge in [0.15, 0.2) is 0 Å². The van der Waals surface area contributed by atoms with Crippen molar-refractivity contribution in [3.05, 3.63) is 83.4 Å². The van der Waals surface area contributed by atoms with Gasteiger partial charge in [0, 0.05) is 11.1 Å². The Morgan fingerprint density at radius 2 is 1.80 bits per heavy atom. The largest absolute Gasteiger partial charge is 0.507 e. The van der Waals surface area contributed by atoms with Crippen LogP contribution >= 0.6 is 0 Å². The van der Waals surface area contributed by atoms with Crippen LogP contribution in [0.15, 0.2) is 71.8 Å². The zero-order valence-electron chi connectivity index (χ0n) is 15.5. The summed E-state index contributed by atoms with van der Waals surface area (Å²) in [6, 6.07) is 18.1. The van der Waals surface area contributed by atoms with Crippen molar-refractivity contribution in [2.75, 3.05) is 0 Å². The van der Waals surface area contributed by atoms with Crippen molar-refractivity contribution in [3.8, 4) is 17.1 Å². The molecule has 0 aliphatic rings. The fourth-order valence-electron chi connectivity index (χ4n) is 2.98. The van der Waals surface area contributed by atoms with E-state index in [1.165, 1.54) is 12.3 Å². The van der Waals surface area contributed by atoms with E-state index in [1.54, 1.807) is 60.7 Å². The molecule has 0 saturated heterocycles. The van der Waals surface area contributed by atoms with Crippen molar-refractivity contribution in [2.24, 2.45) is 5.10 Å². The minimum Gasteiger partial charge on any atom is -0.507 e. The smallest absolute Gasteiger partial charge is 0.336 e. The van der Waals surface area contributed by atoms with Crippen molar-refractivity contribution < 1.29 is 19.8 Å². The molecular formula is C22H16N4O4. The molecule has 4 aromatic rings. The molecular weight excluding hydrogens is 384 g/mol. The van der Waals surface area contributed by atoms with E-state index >= 15 is 0 Å². The van der Waals surface area contributed by atoms with E-state index < -0.39 is 11.9 Å². The number of carboxylic acid groups (broad SMARTS) is 1. The molecule has 0 bridgehead atoms. The van der Waals surface area contributed by atoms with Crippen molar-refractivity contribution in [3.63, 3.8) is 0 Å². The van der Waals surface area contributed by atoms with Crippen molar-refractivity contribution in [1.82, 2.24) is 15.4 Å². The molecule has 3 aromatic carbocycles. The summed E-state index contributed by atoms with van der Waals surface area (Å²) in [5, 5.41) is 23.0. The number of H-pyrrole nitrogens is 1. The molecule has 4 N–H and O–H groups in total. The Morgan fingerprint density at radius 3 is 2.60 bits per heavy atom. The Balaban J connectivity index is 1.54. The number of amides is 1. The number of para-hydroxylation sites is 1. The molecule has 0 aliphatic carbocycles. The molecule has 4 rings (SSSR count). The third-order valence-electron chi connectivity index (χ3n) is 4.46. The molecule has 8 heteroatoms. The zero-order chi connectivity index (χ0) is 21.1. The highest BCUT2D eigenvalue weighted by Crippen LogP contribution is 2.28. The third-order valence-corrected chi connectivity index (χ3v) is 4.46. The second-order valence-corrected chi connectivity index (χ2v) is 6.43. The number of phenolic OH excluding ortho intramolecular Hbond substituents is 1. The van der Waals surface area contributed by atoms with Gasteiger partial charge in [-0.15, -0.1) is 0 Å². The van der Waals surface area contributed by atoms with Crippen LogP contribution in [0.2, 0.25) is 0 Å². The number of aromatic nitrogens is 2. The van der Waals surface area contributed by atoms with Gasteiger partial charge in [-0.1, -0.05) is 30.3 Å². The maximum absolute atomic E-state index is 12.4. The molecule has 0 spiro atoms. The Labute approximate surface area is 170 Å². The number of carboxylic acids is 1. The van der Waals surface area contributed by atoms with Gasteiger partial charge in [0.1, 0.15) is 11.6 Å². The average Bonchev–Trinajstić information content (AvgIpc) is 3.17. The lowest BCUT2D eigenvalue weighted by atomic mass is 10.1. The molecule has 0 aliphatic heterocycles. The minimum absolute atomic E-state index is 0.0890. The SMILES string of the molecule is O=C(N/N=C/c1ccccc1C(=O)O)c1ccc2nc(-c3ccccc3O)[nH]c2c1. The molecule has 0 radical (unpaired) electrons. The maximum atomic E-state index is 12.4. The van der Waals surface area contributed by atoms with Crippen molar-refractivity contribution in [1.29, 1.82) is 0 Å². The van der Waals surface area contributed by atoms with Gasteiger partial charge in [-0.3, -0.25) is 4.79 Å². The van der Waals surface area contributed by atoms with Crippen LogP contribution in [0.4, 0.5) is 0 Å². The molecule has 1 amide bonds. The number of carbonyl (C=O) groups is 2. The number of nitrogens with one attached hydrogen (secondary N) is 2. The van der Waals surface area contributed by atoms with Crippen molar-refractivity contribution in [2.45, 2.75) is 0 Å². The Bertz CT molecular complexity index is 1290. The Kier molecular flexibility index (Phi) is 4.96. The Morgan fingerprint density at radius 1 is 1.03 bits per heavy atom. The number of hydrazone groups is 1. The van der Waals surface area contributed by atoms with E-state index in [2.05, 4.69) is 20.5 Å². The number of carbonyl (C=O) groups excluding carboxylic acids is 1. The van der Waals surface area contributed by atoms with E-state index in [-0.39, 0.29) is 11.3 Å². The summed E-state index contributed by atoms with van der Waals surface area (Å²) in [6.45, 7) is 0. The second-order valence-electron chi connectivity index (χ2n) is 6.43. The van der Waals surface area contributed by atoms with Crippen molar-refractivity contribution >= 4 is 29.1 Å². The maximum Gasteiger partial charge on any atom is 0.336 e. The van der Waals surface area contributed by atoms with Crippen LogP contribution in [-0.4, -0.2) is 38.3 Å². The van der Waals surface area contributed by atoms with Crippen LogP contribution < -0.4 is 5.43 Å². The number of hydrogen-bond donors (Lipinski definition) is 4. The first-order valence-electron chi connectivity index (χ1n) is 8.97. The van der Waals surface area contributed by atoms with E-state index in [4.69, 9.17) is 0 Å². The number of rotatable bonds is 5. The number of aromatic amines is 1. The van der Waals surface area contributed by atoms with Gasteiger partial charge in [0.2, 0.25) is 0 Å². The Hall–Kier alpha value is -4.46. The molecule has 0 fully saturated rings. The highest BCUT2D eigenvalue weighted by atomic mass is 16.4. The highest BCUT2D eigenvalue weighted by molar-refractivity contribution is 6.00. The monoisotopic (exact) mass is 400 g/mol. The summed E-state index contributed by atoms with van der Waals surface area (Å²) in [5.74, 6) is -0.942. The number of nitrogens with zero attached hydrogens (tertiary/aromatic N) is 2. The molecule has 148 valence electrons. The molecule has 0 saturated carbocycles. The number of phenols is 1. The van der Waals surface area contributed by atoms with Crippen LogP contribution in [0, 0.1) is 0 Å². The lowest BCUT2D eigenvalue weighted by Gasteiger charge is -2.01. The molecule has 0 atom stereocenters. The fourth-order valence-corrected chi connectivity index (χ4v) is 2.98. The number of benzene rings is 3. The van der Waals surface area contributed by atoms with Gasteiger partial charge < -0.3 is 15.2 Å². The van der Waals surface area contributed by atoms with Gasteiger partial charge in [0.05, 0.1) is 28.4 Å². The predicted molar refractivity (Wildman–Crippen MR) is 112 cm³/mol. The number of aromatic carboxylic acids is 1. The standard InChI is InChI=1S/C22H16N4O4/c27-19-8-4-3-7-16(19)20-24-17-10-9-13(11-18(17)25-20)21(28)26-23-12-14-5-1-2-6-15(14)22(29)30/h1-12,27H,(H,24,25)(H,26,28)(H,29,30)/b23-12+. The van der Waals surface area contributed by atoms with Gasteiger partial charge in [-0.2, -0.15) is 5.10 Å². The van der Waals surface area contributed by atoms with E-state index in [9.17, 15) is 19.8 Å². The first-order valence-corrected chi connectivity index (χ1v) is 8.97. The van der Waals surface area contributed by atoms with Crippen LogP contribution in [-0.2, 0) is 0 Å². The summed E-state index contributed by atoms with van der Waals surface area (Å²) in [7, 11) is 0. The van der Waals surface area contributed by atoms with Gasteiger partial charge in [-0.05, 0) is 36.4 Å². The molecule has 0 unspecified atom stereocenters. The predicted octanol–water partition coefficient (Wildman–Crippen LogP) is 3.40. The number of aromatic hydroxyl groups is 1. The van der Waals surface area contributed by atoms with Crippen LogP contribution in [0.1, 0.15) is 26.3 Å². The minimum atomic E-state index is -1.08. The summed E-state index contributed by atoms with van der Waals surface area (Å²) < 4.78 is 0. The lowest BCUT2D eigenvalue weighted by molar-refractivity contribution is 0.0696. The third kappa shape index (κ3) is 3.74. The zero-order valence-corrected chi connectivity index (χ0v) is 15.5. The average molecular weight is 400 g/mol. The topological polar surface area (TPSA) is 128 Å². The van der Waals surface area contributed by atoms with Gasteiger partial charge >= 0.3 is 5.97 Å². The normalized spacial score (nSPS) is 11.1. The molecule has 8 nitrogen and oxygen atoms in total. The van der Waals surface area contributed by atoms with Crippen LogP contribution in [0.5, 0.6) is 5.75 Å². The molecule has 1 aromatic heterocycles. The number of imidazole rings is 1. The van der Waals surface area contributed by atoms with E-state index in [0.29, 0.717) is 33.5 Å². The van der Waals surface area contributed by atoms with E-state index in [1.807, 2.05) is 0 Å². The quantitative estimate of drug-likeness (QED) is 0.302. The second kappa shape index (κ2) is 7.88. The van der Waals surface area contributed by atoms with E-state index in [0.717, 1.165) is 0 Å².